The van der Waals surface area contributed by atoms with E-state index in [1.54, 1.807) is 24.3 Å². The lowest BCUT2D eigenvalue weighted by Gasteiger charge is -2.05. The Kier molecular flexibility index (Phi) is 3.91. The molecule has 1 aliphatic heterocycles. The zero-order chi connectivity index (χ0) is 12.1. The maximum Gasteiger partial charge on any atom is 0.258 e. The molecular weight excluding hydrogens is 214 g/mol. The van der Waals surface area contributed by atoms with Crippen molar-refractivity contribution in [1.29, 1.82) is 0 Å². The van der Waals surface area contributed by atoms with Crippen LogP contribution in [-0.4, -0.2) is 11.8 Å². The summed E-state index contributed by atoms with van der Waals surface area (Å²) >= 11 is 0. The topological polar surface area (TPSA) is 46.2 Å². The highest BCUT2D eigenvalue weighted by molar-refractivity contribution is 6.21. The Morgan fingerprint density at radius 3 is 1.41 bits per heavy atom. The molecule has 0 bridgehead atoms. The predicted molar refractivity (Wildman–Crippen MR) is 65.9 cm³/mol. The van der Waals surface area contributed by atoms with Gasteiger partial charge in [0.1, 0.15) is 0 Å². The lowest BCUT2D eigenvalue weighted by molar-refractivity contribution is 0.0879. The first-order chi connectivity index (χ1) is 8.29. The van der Waals surface area contributed by atoms with E-state index in [0.29, 0.717) is 11.1 Å². The van der Waals surface area contributed by atoms with E-state index in [1.807, 2.05) is 0 Å². The summed E-state index contributed by atoms with van der Waals surface area (Å²) in [5.74, 6) is -0.601. The minimum Gasteiger partial charge on any atom is -0.288 e. The van der Waals surface area contributed by atoms with Gasteiger partial charge in [0.2, 0.25) is 0 Å². The molecule has 1 aromatic carbocycles. The first-order valence-electron chi connectivity index (χ1n) is 6.24. The average Bonchev–Trinajstić information content (AvgIpc) is 2.69. The van der Waals surface area contributed by atoms with E-state index in [9.17, 15) is 9.59 Å². The summed E-state index contributed by atoms with van der Waals surface area (Å²) in [7, 11) is 0. The molecule has 0 unspecified atom stereocenters. The summed E-state index contributed by atoms with van der Waals surface area (Å²) in [4.78, 5) is 21.9. The highest BCUT2D eigenvalue weighted by Crippen LogP contribution is 2.15. The van der Waals surface area contributed by atoms with Crippen LogP contribution >= 0.6 is 0 Å². The minimum atomic E-state index is -0.300. The van der Waals surface area contributed by atoms with E-state index in [2.05, 4.69) is 5.32 Å². The summed E-state index contributed by atoms with van der Waals surface area (Å²) in [6, 6.07) is 6.74. The molecule has 1 aromatic rings. The van der Waals surface area contributed by atoms with Crippen LogP contribution in [0.1, 0.15) is 59.2 Å². The van der Waals surface area contributed by atoms with Crippen molar-refractivity contribution < 1.29 is 9.59 Å². The van der Waals surface area contributed by atoms with Crippen molar-refractivity contribution in [3.63, 3.8) is 0 Å². The Labute approximate surface area is 101 Å². The predicted octanol–water partition coefficient (Wildman–Crippen LogP) is 2.91. The molecule has 2 amide bonds. The number of carbonyl (C=O) groups excluding carboxylic acids is 2. The van der Waals surface area contributed by atoms with Gasteiger partial charge in [-0.3, -0.25) is 14.9 Å². The van der Waals surface area contributed by atoms with Crippen molar-refractivity contribution in [2.24, 2.45) is 0 Å². The SMILES string of the molecule is C1CCCCC1.O=C1NC(=O)c2ccccc21. The monoisotopic (exact) mass is 231 g/mol. The molecule has 0 aromatic heterocycles. The number of benzene rings is 1. The fourth-order valence-electron chi connectivity index (χ4n) is 2.18. The van der Waals surface area contributed by atoms with Crippen LogP contribution in [0.5, 0.6) is 0 Å². The molecule has 1 fully saturated rings. The van der Waals surface area contributed by atoms with Gasteiger partial charge in [0.25, 0.3) is 11.8 Å². The fourth-order valence-corrected chi connectivity index (χ4v) is 2.18. The standard InChI is InChI=1S/C8H5NO2.C6H12/c10-7-5-3-1-2-4-6(5)8(11)9-7;1-2-4-6-5-3-1/h1-4H,(H,9,10,11);1-6H2. The van der Waals surface area contributed by atoms with Crippen LogP contribution < -0.4 is 5.32 Å². The Morgan fingerprint density at radius 1 is 0.706 bits per heavy atom. The Bertz CT molecular complexity index is 377. The van der Waals surface area contributed by atoms with E-state index < -0.39 is 0 Å². The molecule has 1 saturated carbocycles. The second-order valence-electron chi connectivity index (χ2n) is 4.45. The number of imide groups is 1. The van der Waals surface area contributed by atoms with Crippen molar-refractivity contribution in [2.75, 3.05) is 0 Å². The van der Waals surface area contributed by atoms with Crippen LogP contribution in [0, 0.1) is 0 Å². The van der Waals surface area contributed by atoms with Crippen LogP contribution in [0.25, 0.3) is 0 Å². The maximum absolute atomic E-state index is 10.9. The van der Waals surface area contributed by atoms with Crippen LogP contribution in [0.2, 0.25) is 0 Å². The molecule has 3 rings (SSSR count). The van der Waals surface area contributed by atoms with Crippen molar-refractivity contribution in [2.45, 2.75) is 38.5 Å². The number of fused-ring (bicyclic) bond motifs is 1. The molecule has 3 heteroatoms. The van der Waals surface area contributed by atoms with E-state index in [1.165, 1.54) is 38.5 Å². The summed E-state index contributed by atoms with van der Waals surface area (Å²) < 4.78 is 0. The van der Waals surface area contributed by atoms with Gasteiger partial charge in [0.05, 0.1) is 11.1 Å². The molecule has 0 atom stereocenters. The largest absolute Gasteiger partial charge is 0.288 e. The lowest BCUT2D eigenvalue weighted by atomic mass is 10.0. The molecule has 0 spiro atoms. The van der Waals surface area contributed by atoms with Crippen molar-refractivity contribution in [3.8, 4) is 0 Å². The second-order valence-corrected chi connectivity index (χ2v) is 4.45. The summed E-state index contributed by atoms with van der Waals surface area (Å²) in [6.07, 6.45) is 9.00. The van der Waals surface area contributed by atoms with E-state index in [0.717, 1.165) is 0 Å². The minimum absolute atomic E-state index is 0.300. The third-order valence-corrected chi connectivity index (χ3v) is 3.14. The molecule has 1 heterocycles. The number of rotatable bonds is 0. The first kappa shape index (κ1) is 11.8. The van der Waals surface area contributed by atoms with Gasteiger partial charge in [0.15, 0.2) is 0 Å². The number of hydrogen-bond acceptors (Lipinski definition) is 2. The van der Waals surface area contributed by atoms with E-state index in [-0.39, 0.29) is 11.8 Å². The zero-order valence-electron chi connectivity index (χ0n) is 9.87. The van der Waals surface area contributed by atoms with Crippen LogP contribution in [0.3, 0.4) is 0 Å². The van der Waals surface area contributed by atoms with Crippen molar-refractivity contribution in [1.82, 2.24) is 5.32 Å². The number of nitrogens with one attached hydrogen (secondary N) is 1. The molecule has 90 valence electrons. The lowest BCUT2D eigenvalue weighted by Crippen LogP contribution is -2.19. The molecule has 2 aliphatic rings. The quantitative estimate of drug-likeness (QED) is 0.698. The number of hydrogen-bond donors (Lipinski definition) is 1. The van der Waals surface area contributed by atoms with E-state index in [4.69, 9.17) is 0 Å². The second kappa shape index (κ2) is 5.62. The first-order valence-corrected chi connectivity index (χ1v) is 6.24. The molecule has 1 N–H and O–H groups in total. The third-order valence-electron chi connectivity index (χ3n) is 3.14. The number of amides is 2. The molecule has 0 radical (unpaired) electrons. The Balaban J connectivity index is 0.000000153. The van der Waals surface area contributed by atoms with Crippen molar-refractivity contribution in [3.05, 3.63) is 35.4 Å². The fraction of sp³-hybridized carbons (Fsp3) is 0.429. The van der Waals surface area contributed by atoms with Gasteiger partial charge in [-0.15, -0.1) is 0 Å². The van der Waals surface area contributed by atoms with Crippen LogP contribution in [-0.2, 0) is 0 Å². The van der Waals surface area contributed by atoms with E-state index >= 15 is 0 Å². The normalized spacial score (nSPS) is 17.9. The molecule has 17 heavy (non-hydrogen) atoms. The van der Waals surface area contributed by atoms with Crippen LogP contribution in [0.15, 0.2) is 24.3 Å². The molecule has 3 nitrogen and oxygen atoms in total. The molecule has 1 aliphatic carbocycles. The Hall–Kier alpha value is -1.64. The van der Waals surface area contributed by atoms with Gasteiger partial charge >= 0.3 is 0 Å². The highest BCUT2D eigenvalue weighted by Gasteiger charge is 2.25. The average molecular weight is 231 g/mol. The van der Waals surface area contributed by atoms with Gasteiger partial charge in [0, 0.05) is 0 Å². The number of carbonyl (C=O) groups is 2. The van der Waals surface area contributed by atoms with Gasteiger partial charge < -0.3 is 0 Å². The smallest absolute Gasteiger partial charge is 0.258 e. The summed E-state index contributed by atoms with van der Waals surface area (Å²) in [5, 5.41) is 2.20. The molecular formula is C14H17NO2. The van der Waals surface area contributed by atoms with Gasteiger partial charge in [-0.2, -0.15) is 0 Å². The van der Waals surface area contributed by atoms with Crippen LogP contribution in [0.4, 0.5) is 0 Å². The molecule has 0 saturated heterocycles. The summed E-state index contributed by atoms with van der Waals surface area (Å²) in [6.45, 7) is 0. The van der Waals surface area contributed by atoms with Crippen molar-refractivity contribution >= 4 is 11.8 Å². The zero-order valence-corrected chi connectivity index (χ0v) is 9.87. The third kappa shape index (κ3) is 2.93. The van der Waals surface area contributed by atoms with Gasteiger partial charge in [-0.1, -0.05) is 50.7 Å². The maximum atomic E-state index is 10.9. The Morgan fingerprint density at radius 2 is 1.06 bits per heavy atom. The van der Waals surface area contributed by atoms with Gasteiger partial charge in [-0.05, 0) is 12.1 Å². The van der Waals surface area contributed by atoms with Gasteiger partial charge in [-0.25, -0.2) is 0 Å². The summed E-state index contributed by atoms with van der Waals surface area (Å²) in [5.41, 5.74) is 0.940. The highest BCUT2D eigenvalue weighted by atomic mass is 16.2.